The van der Waals surface area contributed by atoms with E-state index in [9.17, 15) is 9.59 Å². The standard InChI is InChI=1S/C30H31NO4/c1-17-5-8-20(9-6-17)31-21-11-18(2)12-23(32)28(21)27(19-7-10-25-26(13-19)35-16-34-25)29-22(31)14-30(3,4)15-24(29)33/h5-10,13,18,27H,11-12,14-16H2,1-4H3. The van der Waals surface area contributed by atoms with Crippen LogP contribution < -0.4 is 14.4 Å². The van der Waals surface area contributed by atoms with Crippen LogP contribution in [-0.4, -0.2) is 18.4 Å². The van der Waals surface area contributed by atoms with Crippen LogP contribution in [0.3, 0.4) is 0 Å². The molecular formula is C30H31NO4. The SMILES string of the molecule is Cc1ccc(N2C3=C(C(=O)CC(C)C3)C(c3ccc4c(c3)OCO4)C3=C2CC(C)(C)CC3=O)cc1. The summed E-state index contributed by atoms with van der Waals surface area (Å²) in [6.45, 7) is 8.73. The van der Waals surface area contributed by atoms with E-state index in [4.69, 9.17) is 9.47 Å². The summed E-state index contributed by atoms with van der Waals surface area (Å²) in [5.41, 5.74) is 6.60. The van der Waals surface area contributed by atoms with Crippen molar-refractivity contribution in [2.24, 2.45) is 11.3 Å². The van der Waals surface area contributed by atoms with Gasteiger partial charge in [0, 0.05) is 47.0 Å². The summed E-state index contributed by atoms with van der Waals surface area (Å²) >= 11 is 0. The fraction of sp³-hybridized carbons (Fsp3) is 0.400. The molecule has 4 aliphatic rings. The van der Waals surface area contributed by atoms with Crippen LogP contribution in [0.25, 0.3) is 0 Å². The van der Waals surface area contributed by atoms with Crippen molar-refractivity contribution in [1.29, 1.82) is 0 Å². The number of carbonyl (C=O) groups is 2. The summed E-state index contributed by atoms with van der Waals surface area (Å²) in [4.78, 5) is 29.8. The number of ether oxygens (including phenoxy) is 2. The number of fused-ring (bicyclic) bond motifs is 1. The molecule has 0 saturated carbocycles. The summed E-state index contributed by atoms with van der Waals surface area (Å²) in [7, 11) is 0. The smallest absolute Gasteiger partial charge is 0.231 e. The minimum Gasteiger partial charge on any atom is -0.454 e. The molecule has 2 aromatic rings. The Labute approximate surface area is 206 Å². The van der Waals surface area contributed by atoms with Crippen LogP contribution in [-0.2, 0) is 9.59 Å². The summed E-state index contributed by atoms with van der Waals surface area (Å²) in [6, 6.07) is 14.3. The first-order valence-corrected chi connectivity index (χ1v) is 12.5. The van der Waals surface area contributed by atoms with E-state index in [-0.39, 0.29) is 35.6 Å². The molecule has 180 valence electrons. The maximum absolute atomic E-state index is 13.9. The van der Waals surface area contributed by atoms with E-state index in [1.807, 2.05) is 18.2 Å². The molecule has 0 saturated heterocycles. The molecule has 2 aliphatic heterocycles. The maximum atomic E-state index is 13.9. The van der Waals surface area contributed by atoms with Gasteiger partial charge in [0.05, 0.1) is 0 Å². The number of carbonyl (C=O) groups excluding carboxylic acids is 2. The highest BCUT2D eigenvalue weighted by Gasteiger charge is 2.48. The Hall–Kier alpha value is -3.34. The number of hydrogen-bond acceptors (Lipinski definition) is 5. The average molecular weight is 470 g/mol. The average Bonchev–Trinajstić information content (AvgIpc) is 3.25. The van der Waals surface area contributed by atoms with Gasteiger partial charge in [-0.25, -0.2) is 0 Å². The topological polar surface area (TPSA) is 55.8 Å². The van der Waals surface area contributed by atoms with Crippen molar-refractivity contribution in [2.45, 2.75) is 59.3 Å². The lowest BCUT2D eigenvalue weighted by atomic mass is 9.65. The van der Waals surface area contributed by atoms with Gasteiger partial charge < -0.3 is 14.4 Å². The molecule has 0 aromatic heterocycles. The van der Waals surface area contributed by atoms with Crippen LogP contribution >= 0.6 is 0 Å². The molecule has 0 amide bonds. The molecule has 6 rings (SSSR count). The molecule has 5 nitrogen and oxygen atoms in total. The minimum absolute atomic E-state index is 0.133. The normalized spacial score (nSPS) is 25.1. The highest BCUT2D eigenvalue weighted by atomic mass is 16.7. The number of nitrogens with zero attached hydrogens (tertiary/aromatic N) is 1. The van der Waals surface area contributed by atoms with Crippen molar-refractivity contribution in [3.63, 3.8) is 0 Å². The van der Waals surface area contributed by atoms with Crippen molar-refractivity contribution >= 4 is 17.3 Å². The zero-order valence-electron chi connectivity index (χ0n) is 20.8. The predicted octanol–water partition coefficient (Wildman–Crippen LogP) is 6.22. The Morgan fingerprint density at radius 1 is 0.857 bits per heavy atom. The molecule has 0 spiro atoms. The first-order chi connectivity index (χ1) is 16.7. The second kappa shape index (κ2) is 7.84. The van der Waals surface area contributed by atoms with Crippen LogP contribution in [0.2, 0.25) is 0 Å². The van der Waals surface area contributed by atoms with Crippen molar-refractivity contribution in [2.75, 3.05) is 11.7 Å². The number of aryl methyl sites for hydroxylation is 1. The first kappa shape index (κ1) is 22.1. The van der Waals surface area contributed by atoms with E-state index in [2.05, 4.69) is 56.9 Å². The van der Waals surface area contributed by atoms with Crippen LogP contribution in [0.4, 0.5) is 5.69 Å². The molecule has 2 aliphatic carbocycles. The first-order valence-electron chi connectivity index (χ1n) is 12.5. The van der Waals surface area contributed by atoms with Crippen molar-refractivity contribution < 1.29 is 19.1 Å². The quantitative estimate of drug-likeness (QED) is 0.522. The van der Waals surface area contributed by atoms with Gasteiger partial charge in [-0.2, -0.15) is 0 Å². The largest absolute Gasteiger partial charge is 0.454 e. The highest BCUT2D eigenvalue weighted by Crippen LogP contribution is 2.54. The van der Waals surface area contributed by atoms with Crippen LogP contribution in [0.5, 0.6) is 11.5 Å². The zero-order valence-corrected chi connectivity index (χ0v) is 20.8. The summed E-state index contributed by atoms with van der Waals surface area (Å²) in [5.74, 6) is 1.53. The van der Waals surface area contributed by atoms with Gasteiger partial charge in [-0.05, 0) is 60.9 Å². The lowest BCUT2D eigenvalue weighted by molar-refractivity contribution is -0.118. The summed E-state index contributed by atoms with van der Waals surface area (Å²) in [5, 5.41) is 0. The Balaban J connectivity index is 1.62. The van der Waals surface area contributed by atoms with Gasteiger partial charge in [-0.1, -0.05) is 44.5 Å². The number of Topliss-reactive ketones (excluding diaryl/α,β-unsaturated/α-hetero) is 2. The van der Waals surface area contributed by atoms with E-state index < -0.39 is 0 Å². The molecule has 35 heavy (non-hydrogen) atoms. The third-order valence-corrected chi connectivity index (χ3v) is 7.72. The Morgan fingerprint density at radius 2 is 1.57 bits per heavy atom. The predicted molar refractivity (Wildman–Crippen MR) is 134 cm³/mol. The molecule has 5 heteroatoms. The molecule has 2 atom stereocenters. The minimum atomic E-state index is -0.375. The lowest BCUT2D eigenvalue weighted by Gasteiger charge is -2.47. The molecular weight excluding hydrogens is 438 g/mol. The van der Waals surface area contributed by atoms with E-state index in [1.165, 1.54) is 5.56 Å². The molecule has 0 bridgehead atoms. The number of hydrogen-bond donors (Lipinski definition) is 0. The van der Waals surface area contributed by atoms with E-state index in [0.717, 1.165) is 46.6 Å². The molecule has 2 unspecified atom stereocenters. The summed E-state index contributed by atoms with van der Waals surface area (Å²) < 4.78 is 11.2. The number of allylic oxidation sites excluding steroid dienone is 4. The number of benzene rings is 2. The van der Waals surface area contributed by atoms with Gasteiger partial charge in [-0.3, -0.25) is 9.59 Å². The van der Waals surface area contributed by atoms with E-state index >= 15 is 0 Å². The Bertz CT molecular complexity index is 1310. The fourth-order valence-corrected chi connectivity index (χ4v) is 6.21. The monoisotopic (exact) mass is 469 g/mol. The highest BCUT2D eigenvalue weighted by molar-refractivity contribution is 6.08. The Morgan fingerprint density at radius 3 is 2.34 bits per heavy atom. The molecule has 0 N–H and O–H groups in total. The van der Waals surface area contributed by atoms with Crippen molar-refractivity contribution in [3.05, 3.63) is 76.1 Å². The van der Waals surface area contributed by atoms with E-state index in [1.54, 1.807) is 0 Å². The maximum Gasteiger partial charge on any atom is 0.231 e. The van der Waals surface area contributed by atoms with Gasteiger partial charge in [0.1, 0.15) is 0 Å². The second-order valence-corrected chi connectivity index (χ2v) is 11.3. The van der Waals surface area contributed by atoms with Gasteiger partial charge in [-0.15, -0.1) is 0 Å². The van der Waals surface area contributed by atoms with Crippen molar-refractivity contribution in [3.8, 4) is 11.5 Å². The van der Waals surface area contributed by atoms with Crippen LogP contribution in [0.1, 0.15) is 63.5 Å². The summed E-state index contributed by atoms with van der Waals surface area (Å²) in [6.07, 6.45) is 2.56. The van der Waals surface area contributed by atoms with Crippen LogP contribution in [0.15, 0.2) is 65.0 Å². The number of ketones is 2. The number of anilines is 1. The lowest BCUT2D eigenvalue weighted by Crippen LogP contribution is -2.43. The molecule has 0 fully saturated rings. The van der Waals surface area contributed by atoms with E-state index in [0.29, 0.717) is 24.3 Å². The van der Waals surface area contributed by atoms with Crippen molar-refractivity contribution in [1.82, 2.24) is 0 Å². The fourth-order valence-electron chi connectivity index (χ4n) is 6.21. The third-order valence-electron chi connectivity index (χ3n) is 7.72. The van der Waals surface area contributed by atoms with Gasteiger partial charge in [0.15, 0.2) is 23.1 Å². The van der Waals surface area contributed by atoms with Gasteiger partial charge in [0.25, 0.3) is 0 Å². The van der Waals surface area contributed by atoms with Gasteiger partial charge in [0.2, 0.25) is 6.79 Å². The molecule has 2 heterocycles. The third kappa shape index (κ3) is 3.60. The molecule has 2 aromatic carbocycles. The number of rotatable bonds is 2. The second-order valence-electron chi connectivity index (χ2n) is 11.3. The van der Waals surface area contributed by atoms with Crippen LogP contribution in [0, 0.1) is 18.3 Å². The Kier molecular flexibility index (Phi) is 4.96. The van der Waals surface area contributed by atoms with Gasteiger partial charge >= 0.3 is 0 Å². The molecule has 0 radical (unpaired) electrons. The zero-order chi connectivity index (χ0) is 24.5.